The van der Waals surface area contributed by atoms with Crippen LogP contribution in [0.1, 0.15) is 30.9 Å². The van der Waals surface area contributed by atoms with Gasteiger partial charge in [0.15, 0.2) is 0 Å². The Balaban J connectivity index is 1.81. The highest BCUT2D eigenvalue weighted by molar-refractivity contribution is 5.92. The third-order valence-electron chi connectivity index (χ3n) is 3.57. The summed E-state index contributed by atoms with van der Waals surface area (Å²) in [6.07, 6.45) is 3.29. The summed E-state index contributed by atoms with van der Waals surface area (Å²) in [4.78, 5) is 24.0. The lowest BCUT2D eigenvalue weighted by Gasteiger charge is -2.37. The van der Waals surface area contributed by atoms with Crippen LogP contribution in [0, 0.1) is 0 Å². The maximum Gasteiger partial charge on any atom is 0.314 e. The van der Waals surface area contributed by atoms with Gasteiger partial charge in [0, 0.05) is 19.2 Å². The average Bonchev–Trinajstić information content (AvgIpc) is 2.40. The van der Waals surface area contributed by atoms with Crippen LogP contribution in [0.3, 0.4) is 0 Å². The van der Waals surface area contributed by atoms with E-state index in [1.165, 1.54) is 16.5 Å². The molecule has 1 saturated heterocycles. The molecule has 2 rings (SSSR count). The van der Waals surface area contributed by atoms with Crippen LogP contribution in [0.15, 0.2) is 30.3 Å². The molecule has 0 saturated carbocycles. The predicted octanol–water partition coefficient (Wildman–Crippen LogP) is 1.70. The Hall–Kier alpha value is -2.30. The second kappa shape index (κ2) is 6.43. The van der Waals surface area contributed by atoms with Crippen LogP contribution >= 0.6 is 0 Å². The zero-order valence-corrected chi connectivity index (χ0v) is 12.4. The van der Waals surface area contributed by atoms with Crippen molar-refractivity contribution in [3.63, 3.8) is 0 Å². The third-order valence-corrected chi connectivity index (χ3v) is 3.57. The van der Waals surface area contributed by atoms with Crippen LogP contribution in [0.5, 0.6) is 0 Å². The summed E-state index contributed by atoms with van der Waals surface area (Å²) in [6, 6.07) is 7.69. The van der Waals surface area contributed by atoms with Gasteiger partial charge >= 0.3 is 6.03 Å². The summed E-state index contributed by atoms with van der Waals surface area (Å²) in [5.41, 5.74) is 7.38. The topological polar surface area (TPSA) is 75.4 Å². The van der Waals surface area contributed by atoms with E-state index in [0.717, 1.165) is 5.56 Å². The van der Waals surface area contributed by atoms with Gasteiger partial charge in [0.2, 0.25) is 5.91 Å². The van der Waals surface area contributed by atoms with Gasteiger partial charge in [0.05, 0.1) is 6.04 Å². The van der Waals surface area contributed by atoms with Gasteiger partial charge in [-0.25, -0.2) is 4.79 Å². The first-order valence-corrected chi connectivity index (χ1v) is 7.08. The number of rotatable bonds is 4. The smallest absolute Gasteiger partial charge is 0.314 e. The van der Waals surface area contributed by atoms with Crippen LogP contribution in [-0.2, 0) is 4.79 Å². The molecule has 1 heterocycles. The second-order valence-electron chi connectivity index (χ2n) is 5.60. The quantitative estimate of drug-likeness (QED) is 0.827. The molecule has 0 spiro atoms. The first-order chi connectivity index (χ1) is 9.95. The number of primary amides is 1. The number of nitrogens with one attached hydrogen (secondary N) is 1. The number of nitrogens with two attached hydrogens (primary N) is 1. The lowest BCUT2D eigenvalue weighted by molar-refractivity contribution is -0.117. The summed E-state index contributed by atoms with van der Waals surface area (Å²) in [6.45, 7) is 5.26. The van der Waals surface area contributed by atoms with Crippen LogP contribution in [0.4, 0.5) is 4.79 Å². The molecule has 0 unspecified atom stereocenters. The first kappa shape index (κ1) is 15.1. The van der Waals surface area contributed by atoms with E-state index < -0.39 is 6.03 Å². The number of likely N-dealkylation sites (tertiary alicyclic amines) is 1. The number of nitrogens with zero attached hydrogens (tertiary/aromatic N) is 1. The molecule has 0 radical (unpaired) electrons. The second-order valence-corrected chi connectivity index (χ2v) is 5.60. The minimum absolute atomic E-state index is 0.00188. The summed E-state index contributed by atoms with van der Waals surface area (Å²) in [5, 5.41) is 2.83. The predicted molar refractivity (Wildman–Crippen MR) is 82.7 cm³/mol. The molecule has 1 aromatic rings. The molecule has 1 aromatic carbocycles. The Morgan fingerprint density at radius 3 is 2.43 bits per heavy atom. The third kappa shape index (κ3) is 4.08. The maximum absolute atomic E-state index is 11.7. The van der Waals surface area contributed by atoms with Crippen molar-refractivity contribution < 1.29 is 9.59 Å². The van der Waals surface area contributed by atoms with Crippen molar-refractivity contribution in [3.8, 4) is 0 Å². The van der Waals surface area contributed by atoms with Crippen LogP contribution in [-0.4, -0.2) is 36.0 Å². The van der Waals surface area contributed by atoms with E-state index in [-0.39, 0.29) is 11.9 Å². The van der Waals surface area contributed by atoms with Crippen molar-refractivity contribution in [2.45, 2.75) is 25.8 Å². The van der Waals surface area contributed by atoms with Gasteiger partial charge in [-0.3, -0.25) is 4.79 Å². The van der Waals surface area contributed by atoms with Gasteiger partial charge < -0.3 is 16.0 Å². The number of hydrogen-bond donors (Lipinski definition) is 2. The van der Waals surface area contributed by atoms with Gasteiger partial charge in [0.25, 0.3) is 0 Å². The molecule has 1 aliphatic heterocycles. The Morgan fingerprint density at radius 1 is 1.29 bits per heavy atom. The highest BCUT2D eigenvalue weighted by Crippen LogP contribution is 2.15. The SMILES string of the molecule is CC(C)c1ccc(/C=C/C(=O)NC2CN(C(N)=O)C2)cc1. The van der Waals surface area contributed by atoms with Crippen molar-refractivity contribution in [2.24, 2.45) is 5.73 Å². The van der Waals surface area contributed by atoms with Crippen molar-refractivity contribution in [3.05, 3.63) is 41.5 Å². The summed E-state index contributed by atoms with van der Waals surface area (Å²) in [7, 11) is 0. The van der Waals surface area contributed by atoms with E-state index >= 15 is 0 Å². The number of urea groups is 1. The standard InChI is InChI=1S/C16H21N3O2/c1-11(2)13-6-3-12(4-7-13)5-8-15(20)18-14-9-19(10-14)16(17)21/h3-8,11,14H,9-10H2,1-2H3,(H2,17,21)(H,18,20)/b8-5+. The summed E-state index contributed by atoms with van der Waals surface area (Å²) in [5.74, 6) is 0.343. The fraction of sp³-hybridized carbons (Fsp3) is 0.375. The van der Waals surface area contributed by atoms with E-state index in [9.17, 15) is 9.59 Å². The van der Waals surface area contributed by atoms with Crippen LogP contribution < -0.4 is 11.1 Å². The van der Waals surface area contributed by atoms with Crippen LogP contribution in [0.25, 0.3) is 6.08 Å². The minimum atomic E-state index is -0.443. The zero-order valence-electron chi connectivity index (χ0n) is 12.4. The number of amides is 3. The first-order valence-electron chi connectivity index (χ1n) is 7.08. The number of carbonyl (C=O) groups excluding carboxylic acids is 2. The fourth-order valence-corrected chi connectivity index (χ4v) is 2.16. The minimum Gasteiger partial charge on any atom is -0.351 e. The lowest BCUT2D eigenvalue weighted by Crippen LogP contribution is -2.62. The van der Waals surface area contributed by atoms with E-state index in [0.29, 0.717) is 19.0 Å². The van der Waals surface area contributed by atoms with E-state index in [2.05, 4.69) is 31.3 Å². The Morgan fingerprint density at radius 2 is 1.90 bits per heavy atom. The molecule has 5 nitrogen and oxygen atoms in total. The Labute approximate surface area is 124 Å². The molecule has 21 heavy (non-hydrogen) atoms. The highest BCUT2D eigenvalue weighted by atomic mass is 16.2. The Kier molecular flexibility index (Phi) is 4.62. The lowest BCUT2D eigenvalue weighted by atomic mass is 10.0. The van der Waals surface area contributed by atoms with Gasteiger partial charge in [0.1, 0.15) is 0 Å². The largest absolute Gasteiger partial charge is 0.351 e. The Bertz CT molecular complexity index is 543. The number of hydrogen-bond acceptors (Lipinski definition) is 2. The molecular formula is C16H21N3O2. The molecule has 1 aliphatic rings. The normalized spacial score (nSPS) is 15.3. The molecule has 5 heteroatoms. The summed E-state index contributed by atoms with van der Waals surface area (Å²) < 4.78 is 0. The molecule has 0 atom stereocenters. The van der Waals surface area contributed by atoms with Gasteiger partial charge in [-0.1, -0.05) is 38.1 Å². The molecule has 3 amide bonds. The van der Waals surface area contributed by atoms with Gasteiger partial charge in [-0.2, -0.15) is 0 Å². The monoisotopic (exact) mass is 287 g/mol. The number of benzene rings is 1. The maximum atomic E-state index is 11.7. The molecule has 112 valence electrons. The van der Waals surface area contributed by atoms with Gasteiger partial charge in [-0.15, -0.1) is 0 Å². The van der Waals surface area contributed by atoms with E-state index in [4.69, 9.17) is 5.73 Å². The fourth-order valence-electron chi connectivity index (χ4n) is 2.16. The van der Waals surface area contributed by atoms with E-state index in [1.807, 2.05) is 12.1 Å². The molecule has 1 fully saturated rings. The van der Waals surface area contributed by atoms with Crippen molar-refractivity contribution in [2.75, 3.05) is 13.1 Å². The molecular weight excluding hydrogens is 266 g/mol. The average molecular weight is 287 g/mol. The number of carbonyl (C=O) groups is 2. The molecule has 0 aliphatic carbocycles. The summed E-state index contributed by atoms with van der Waals surface area (Å²) >= 11 is 0. The molecule has 0 bridgehead atoms. The van der Waals surface area contributed by atoms with Crippen LogP contribution in [0.2, 0.25) is 0 Å². The zero-order chi connectivity index (χ0) is 15.4. The molecule has 3 N–H and O–H groups in total. The van der Waals surface area contributed by atoms with Crippen molar-refractivity contribution in [1.82, 2.24) is 10.2 Å². The van der Waals surface area contributed by atoms with Crippen molar-refractivity contribution in [1.29, 1.82) is 0 Å². The van der Waals surface area contributed by atoms with Gasteiger partial charge in [-0.05, 0) is 23.1 Å². The molecule has 0 aromatic heterocycles. The van der Waals surface area contributed by atoms with E-state index in [1.54, 1.807) is 6.08 Å². The highest BCUT2D eigenvalue weighted by Gasteiger charge is 2.29. The van der Waals surface area contributed by atoms with Crippen molar-refractivity contribution >= 4 is 18.0 Å².